The van der Waals surface area contributed by atoms with Crippen LogP contribution < -0.4 is 10.1 Å². The second kappa shape index (κ2) is 8.77. The first-order valence-electron chi connectivity index (χ1n) is 9.30. The molecule has 1 unspecified atom stereocenters. The van der Waals surface area contributed by atoms with Gasteiger partial charge in [0.2, 0.25) is 5.91 Å². The van der Waals surface area contributed by atoms with Crippen LogP contribution in [0.3, 0.4) is 0 Å². The maximum absolute atomic E-state index is 13.2. The van der Waals surface area contributed by atoms with Crippen LogP contribution in [0.4, 0.5) is 0 Å². The number of methoxy groups -OCH3 is 2. The molecule has 1 atom stereocenters. The first-order chi connectivity index (χ1) is 13.1. The van der Waals surface area contributed by atoms with E-state index in [1.165, 1.54) is 0 Å². The van der Waals surface area contributed by atoms with Crippen molar-refractivity contribution >= 4 is 17.5 Å². The van der Waals surface area contributed by atoms with Gasteiger partial charge in [-0.05, 0) is 48.2 Å². The van der Waals surface area contributed by atoms with Gasteiger partial charge in [-0.2, -0.15) is 0 Å². The SMILES string of the molecule is COc1cccc(C(CNC(=O)C2(c3ccc(Cl)cc3)CCCC2)OC)c1. The monoisotopic (exact) mass is 387 g/mol. The van der Waals surface area contributed by atoms with Crippen LogP contribution in [0.2, 0.25) is 5.02 Å². The van der Waals surface area contributed by atoms with Crippen LogP contribution in [0.1, 0.15) is 42.9 Å². The van der Waals surface area contributed by atoms with E-state index in [-0.39, 0.29) is 12.0 Å². The molecule has 1 aliphatic carbocycles. The predicted octanol–water partition coefficient (Wildman–Crippen LogP) is 4.66. The number of hydrogen-bond acceptors (Lipinski definition) is 3. The third-order valence-electron chi connectivity index (χ3n) is 5.49. The van der Waals surface area contributed by atoms with Gasteiger partial charge < -0.3 is 14.8 Å². The fourth-order valence-corrected chi connectivity index (χ4v) is 4.05. The first-order valence-corrected chi connectivity index (χ1v) is 9.68. The van der Waals surface area contributed by atoms with Crippen molar-refractivity contribution in [1.29, 1.82) is 0 Å². The summed E-state index contributed by atoms with van der Waals surface area (Å²) in [7, 11) is 3.29. The summed E-state index contributed by atoms with van der Waals surface area (Å²) < 4.78 is 10.9. The van der Waals surface area contributed by atoms with E-state index in [0.29, 0.717) is 11.6 Å². The molecule has 0 spiro atoms. The van der Waals surface area contributed by atoms with Crippen molar-refractivity contribution in [2.45, 2.75) is 37.2 Å². The van der Waals surface area contributed by atoms with Gasteiger partial charge in [-0.15, -0.1) is 0 Å². The van der Waals surface area contributed by atoms with Crippen LogP contribution in [0.15, 0.2) is 48.5 Å². The zero-order chi connectivity index (χ0) is 19.3. The fourth-order valence-electron chi connectivity index (χ4n) is 3.93. The van der Waals surface area contributed by atoms with Crippen molar-refractivity contribution in [3.8, 4) is 5.75 Å². The number of nitrogens with one attached hydrogen (secondary N) is 1. The lowest BCUT2D eigenvalue weighted by Crippen LogP contribution is -2.44. The third kappa shape index (κ3) is 4.28. The minimum absolute atomic E-state index is 0.0623. The average Bonchev–Trinajstić information content (AvgIpc) is 3.20. The number of ether oxygens (including phenoxy) is 2. The fraction of sp³-hybridized carbons (Fsp3) is 0.409. The van der Waals surface area contributed by atoms with Crippen LogP contribution in [0.25, 0.3) is 0 Å². The summed E-state index contributed by atoms with van der Waals surface area (Å²) in [6.45, 7) is 0.415. The van der Waals surface area contributed by atoms with Crippen molar-refractivity contribution in [1.82, 2.24) is 5.32 Å². The van der Waals surface area contributed by atoms with Crippen LogP contribution in [-0.4, -0.2) is 26.7 Å². The van der Waals surface area contributed by atoms with E-state index in [4.69, 9.17) is 21.1 Å². The van der Waals surface area contributed by atoms with Gasteiger partial charge in [-0.3, -0.25) is 4.79 Å². The molecule has 1 saturated carbocycles. The topological polar surface area (TPSA) is 47.6 Å². The van der Waals surface area contributed by atoms with E-state index in [1.54, 1.807) is 14.2 Å². The summed E-state index contributed by atoms with van der Waals surface area (Å²) >= 11 is 6.03. The highest BCUT2D eigenvalue weighted by molar-refractivity contribution is 6.30. The smallest absolute Gasteiger partial charge is 0.230 e. The number of amides is 1. The minimum Gasteiger partial charge on any atom is -0.497 e. The molecular formula is C22H26ClNO3. The van der Waals surface area contributed by atoms with E-state index in [9.17, 15) is 4.79 Å². The Labute approximate surface area is 165 Å². The molecule has 4 nitrogen and oxygen atoms in total. The molecule has 1 N–H and O–H groups in total. The molecule has 0 heterocycles. The van der Waals surface area contributed by atoms with Crippen molar-refractivity contribution in [2.24, 2.45) is 0 Å². The molecule has 2 aromatic carbocycles. The van der Waals surface area contributed by atoms with E-state index < -0.39 is 5.41 Å². The minimum atomic E-state index is -0.475. The number of halogens is 1. The number of benzene rings is 2. The van der Waals surface area contributed by atoms with Crippen LogP contribution in [0.5, 0.6) is 5.75 Å². The van der Waals surface area contributed by atoms with Gasteiger partial charge in [0.1, 0.15) is 5.75 Å². The first kappa shape index (κ1) is 19.7. The molecule has 0 bridgehead atoms. The van der Waals surface area contributed by atoms with E-state index in [1.807, 2.05) is 48.5 Å². The number of carbonyl (C=O) groups excluding carboxylic acids is 1. The van der Waals surface area contributed by atoms with Gasteiger partial charge in [0, 0.05) is 18.7 Å². The second-order valence-electron chi connectivity index (χ2n) is 7.01. The average molecular weight is 388 g/mol. The molecule has 1 amide bonds. The molecule has 3 rings (SSSR count). The molecule has 0 aliphatic heterocycles. The normalized spacial score (nSPS) is 16.7. The highest BCUT2D eigenvalue weighted by Crippen LogP contribution is 2.41. The Bertz CT molecular complexity index is 769. The maximum atomic E-state index is 13.2. The highest BCUT2D eigenvalue weighted by Gasteiger charge is 2.42. The summed E-state index contributed by atoms with van der Waals surface area (Å²) in [4.78, 5) is 13.2. The van der Waals surface area contributed by atoms with E-state index in [0.717, 1.165) is 42.6 Å². The number of hydrogen-bond donors (Lipinski definition) is 1. The van der Waals surface area contributed by atoms with Gasteiger partial charge in [0.25, 0.3) is 0 Å². The zero-order valence-electron chi connectivity index (χ0n) is 15.8. The Kier molecular flexibility index (Phi) is 6.40. The summed E-state index contributed by atoms with van der Waals surface area (Å²) in [5, 5.41) is 3.81. The Morgan fingerprint density at radius 3 is 2.48 bits per heavy atom. The molecule has 0 radical (unpaired) electrons. The summed E-state index contributed by atoms with van der Waals surface area (Å²) in [6.07, 6.45) is 3.60. The predicted molar refractivity (Wildman–Crippen MR) is 107 cm³/mol. The quantitative estimate of drug-likeness (QED) is 0.751. The molecule has 0 aromatic heterocycles. The van der Waals surface area contributed by atoms with Crippen molar-refractivity contribution in [2.75, 3.05) is 20.8 Å². The molecule has 1 fully saturated rings. The summed E-state index contributed by atoms with van der Waals surface area (Å²) in [5.41, 5.74) is 1.54. The van der Waals surface area contributed by atoms with Gasteiger partial charge in [0.05, 0.1) is 18.6 Å². The highest BCUT2D eigenvalue weighted by atomic mass is 35.5. The van der Waals surface area contributed by atoms with Gasteiger partial charge >= 0.3 is 0 Å². The Balaban J connectivity index is 1.74. The largest absolute Gasteiger partial charge is 0.497 e. The van der Waals surface area contributed by atoms with Crippen LogP contribution >= 0.6 is 11.6 Å². The van der Waals surface area contributed by atoms with Crippen LogP contribution in [-0.2, 0) is 14.9 Å². The van der Waals surface area contributed by atoms with Crippen molar-refractivity contribution in [3.05, 3.63) is 64.7 Å². The Morgan fingerprint density at radius 1 is 1.15 bits per heavy atom. The Hall–Kier alpha value is -2.04. The van der Waals surface area contributed by atoms with Crippen LogP contribution in [0, 0.1) is 0 Å². The lowest BCUT2D eigenvalue weighted by atomic mass is 9.78. The number of carbonyl (C=O) groups is 1. The molecule has 5 heteroatoms. The molecule has 0 saturated heterocycles. The van der Waals surface area contributed by atoms with E-state index >= 15 is 0 Å². The standard InChI is InChI=1S/C22H26ClNO3/c1-26-19-7-5-6-16(14-19)20(27-2)15-24-21(25)22(12-3-4-13-22)17-8-10-18(23)11-9-17/h5-11,14,20H,3-4,12-13,15H2,1-2H3,(H,24,25). The van der Waals surface area contributed by atoms with Crippen molar-refractivity contribution < 1.29 is 14.3 Å². The Morgan fingerprint density at radius 2 is 1.85 bits per heavy atom. The lowest BCUT2D eigenvalue weighted by Gasteiger charge is -2.29. The lowest BCUT2D eigenvalue weighted by molar-refractivity contribution is -0.127. The summed E-state index contributed by atoms with van der Waals surface area (Å²) in [6, 6.07) is 15.4. The molecular weight excluding hydrogens is 362 g/mol. The third-order valence-corrected chi connectivity index (χ3v) is 5.74. The summed E-state index contributed by atoms with van der Waals surface area (Å²) in [5.74, 6) is 0.835. The maximum Gasteiger partial charge on any atom is 0.230 e. The zero-order valence-corrected chi connectivity index (χ0v) is 16.6. The van der Waals surface area contributed by atoms with Gasteiger partial charge in [-0.25, -0.2) is 0 Å². The molecule has 1 aliphatic rings. The van der Waals surface area contributed by atoms with Crippen molar-refractivity contribution in [3.63, 3.8) is 0 Å². The van der Waals surface area contributed by atoms with Gasteiger partial charge in [-0.1, -0.05) is 48.7 Å². The second-order valence-corrected chi connectivity index (χ2v) is 7.44. The van der Waals surface area contributed by atoms with Gasteiger partial charge in [0.15, 0.2) is 0 Å². The van der Waals surface area contributed by atoms with E-state index in [2.05, 4.69) is 5.32 Å². The molecule has 27 heavy (non-hydrogen) atoms. The molecule has 144 valence electrons. The molecule has 2 aromatic rings. The number of rotatable bonds is 7.